The molecule has 1 fully saturated rings. The number of likely N-dealkylation sites (N-methyl/N-ethyl adjacent to an activating group) is 1. The third-order valence-corrected chi connectivity index (χ3v) is 3.77. The van der Waals surface area contributed by atoms with Crippen LogP contribution in [-0.4, -0.2) is 45.2 Å². The molecule has 0 unspecified atom stereocenters. The zero-order valence-electron chi connectivity index (χ0n) is 11.2. The highest BCUT2D eigenvalue weighted by molar-refractivity contribution is 5.79. The second kappa shape index (κ2) is 6.02. The molecule has 5 nitrogen and oxygen atoms in total. The number of amides is 1. The van der Waals surface area contributed by atoms with Gasteiger partial charge in [0.2, 0.25) is 0 Å². The lowest BCUT2D eigenvalue weighted by Gasteiger charge is -2.30. The third kappa shape index (κ3) is 3.34. The molecule has 1 saturated heterocycles. The van der Waals surface area contributed by atoms with Gasteiger partial charge in [0, 0.05) is 0 Å². The van der Waals surface area contributed by atoms with Crippen molar-refractivity contribution in [3.8, 4) is 0 Å². The molecule has 0 spiro atoms. The second-order valence-corrected chi connectivity index (χ2v) is 5.13. The molecule has 1 aliphatic rings. The molecule has 0 saturated carbocycles. The average molecular weight is 253 g/mol. The third-order valence-electron chi connectivity index (χ3n) is 3.77. The van der Waals surface area contributed by atoms with E-state index in [1.807, 2.05) is 19.1 Å². The predicted octanol–water partition coefficient (Wildman–Crippen LogP) is -2.30. The van der Waals surface area contributed by atoms with E-state index in [1.165, 1.54) is 4.90 Å². The summed E-state index contributed by atoms with van der Waals surface area (Å²) in [6, 6.07) is 3.73. The van der Waals surface area contributed by atoms with Crippen molar-refractivity contribution in [2.45, 2.75) is 19.5 Å². The molecular weight excluding hydrogens is 230 g/mol. The molecule has 1 aromatic rings. The van der Waals surface area contributed by atoms with Crippen LogP contribution in [0.1, 0.15) is 12.7 Å². The van der Waals surface area contributed by atoms with Crippen LogP contribution in [-0.2, 0) is 11.3 Å². The summed E-state index contributed by atoms with van der Waals surface area (Å²) in [6.07, 6.45) is 1.62. The molecule has 1 atom stereocenters. The van der Waals surface area contributed by atoms with Crippen molar-refractivity contribution < 1.29 is 19.0 Å². The molecule has 1 aromatic heterocycles. The fourth-order valence-electron chi connectivity index (χ4n) is 2.36. The zero-order valence-corrected chi connectivity index (χ0v) is 11.2. The standard InChI is InChI=1S/C13H21N3O2/c1-11(16-7-5-15(2)6-8-16)13(17)14-10-12-4-3-9-18-12/h3-4,9,11H,5-8,10H2,1-2H3,(H,14,17)/p+2/t11-/m0/s1. The first-order chi connectivity index (χ1) is 8.66. The van der Waals surface area contributed by atoms with Gasteiger partial charge in [0.05, 0.1) is 19.9 Å². The van der Waals surface area contributed by atoms with E-state index >= 15 is 0 Å². The van der Waals surface area contributed by atoms with Crippen molar-refractivity contribution in [1.82, 2.24) is 5.32 Å². The lowest BCUT2D eigenvalue weighted by Crippen LogP contribution is -3.29. The second-order valence-electron chi connectivity index (χ2n) is 5.13. The number of furan rings is 1. The van der Waals surface area contributed by atoms with Gasteiger partial charge in [0.15, 0.2) is 6.04 Å². The van der Waals surface area contributed by atoms with Gasteiger partial charge >= 0.3 is 0 Å². The van der Waals surface area contributed by atoms with E-state index in [9.17, 15) is 4.79 Å². The highest BCUT2D eigenvalue weighted by Gasteiger charge is 2.29. The Morgan fingerprint density at radius 1 is 1.44 bits per heavy atom. The number of nitrogens with one attached hydrogen (secondary N) is 3. The quantitative estimate of drug-likeness (QED) is 0.565. The molecule has 0 bridgehead atoms. The van der Waals surface area contributed by atoms with E-state index in [-0.39, 0.29) is 11.9 Å². The molecule has 1 aliphatic heterocycles. The van der Waals surface area contributed by atoms with Crippen molar-refractivity contribution in [3.05, 3.63) is 24.2 Å². The number of carbonyl (C=O) groups excluding carboxylic acids is 1. The summed E-state index contributed by atoms with van der Waals surface area (Å²) in [6.45, 7) is 6.92. The van der Waals surface area contributed by atoms with Crippen molar-refractivity contribution in [2.75, 3.05) is 33.2 Å². The van der Waals surface area contributed by atoms with E-state index in [0.717, 1.165) is 31.9 Å². The van der Waals surface area contributed by atoms with Crippen LogP contribution in [0.2, 0.25) is 0 Å². The van der Waals surface area contributed by atoms with Crippen LogP contribution < -0.4 is 15.1 Å². The lowest BCUT2D eigenvalue weighted by molar-refractivity contribution is -1.01. The topological polar surface area (TPSA) is 51.1 Å². The SMILES string of the molecule is C[C@@H](C(=O)NCc1ccco1)[NH+]1CC[NH+](C)CC1. The fourth-order valence-corrected chi connectivity index (χ4v) is 2.36. The monoisotopic (exact) mass is 253 g/mol. The summed E-state index contributed by atoms with van der Waals surface area (Å²) < 4.78 is 5.20. The zero-order chi connectivity index (χ0) is 13.0. The minimum absolute atomic E-state index is 0.0214. The first-order valence-electron chi connectivity index (χ1n) is 6.63. The normalized spacial score (nSPS) is 25.7. The Kier molecular flexibility index (Phi) is 4.38. The largest absolute Gasteiger partial charge is 0.467 e. The van der Waals surface area contributed by atoms with E-state index < -0.39 is 0 Å². The highest BCUT2D eigenvalue weighted by Crippen LogP contribution is 1.98. The number of hydrogen-bond acceptors (Lipinski definition) is 2. The maximum Gasteiger partial charge on any atom is 0.278 e. The van der Waals surface area contributed by atoms with Crippen LogP contribution >= 0.6 is 0 Å². The van der Waals surface area contributed by atoms with Crippen molar-refractivity contribution >= 4 is 5.91 Å². The van der Waals surface area contributed by atoms with Gasteiger partial charge in [-0.25, -0.2) is 0 Å². The van der Waals surface area contributed by atoms with Crippen molar-refractivity contribution in [1.29, 1.82) is 0 Å². The molecule has 3 N–H and O–H groups in total. The molecule has 2 rings (SSSR count). The molecule has 100 valence electrons. The summed E-state index contributed by atoms with van der Waals surface area (Å²) >= 11 is 0. The average Bonchev–Trinajstić information content (AvgIpc) is 2.89. The lowest BCUT2D eigenvalue weighted by atomic mass is 10.2. The Morgan fingerprint density at radius 2 is 2.17 bits per heavy atom. The summed E-state index contributed by atoms with van der Waals surface area (Å²) in [7, 11) is 2.21. The van der Waals surface area contributed by atoms with Crippen LogP contribution in [0, 0.1) is 0 Å². The van der Waals surface area contributed by atoms with Crippen molar-refractivity contribution in [2.24, 2.45) is 0 Å². The number of rotatable bonds is 4. The summed E-state index contributed by atoms with van der Waals surface area (Å²) in [5.41, 5.74) is 0. The van der Waals surface area contributed by atoms with Gasteiger partial charge in [-0.3, -0.25) is 4.79 Å². The van der Waals surface area contributed by atoms with Gasteiger partial charge in [-0.1, -0.05) is 0 Å². The predicted molar refractivity (Wildman–Crippen MR) is 67.3 cm³/mol. The van der Waals surface area contributed by atoms with E-state index in [0.29, 0.717) is 6.54 Å². The summed E-state index contributed by atoms with van der Waals surface area (Å²) in [5, 5.41) is 2.93. The maximum absolute atomic E-state index is 12.0. The minimum atomic E-state index is 0.0214. The van der Waals surface area contributed by atoms with Crippen molar-refractivity contribution in [3.63, 3.8) is 0 Å². The van der Waals surface area contributed by atoms with Gasteiger partial charge in [-0.2, -0.15) is 0 Å². The van der Waals surface area contributed by atoms with E-state index in [2.05, 4.69) is 12.4 Å². The molecular formula is C13H23N3O2+2. The highest BCUT2D eigenvalue weighted by atomic mass is 16.3. The van der Waals surface area contributed by atoms with E-state index in [1.54, 1.807) is 11.2 Å². The Bertz CT molecular complexity index is 370. The Morgan fingerprint density at radius 3 is 2.78 bits per heavy atom. The fraction of sp³-hybridized carbons (Fsp3) is 0.615. The smallest absolute Gasteiger partial charge is 0.278 e. The van der Waals surface area contributed by atoms with Gasteiger partial charge in [0.25, 0.3) is 5.91 Å². The minimum Gasteiger partial charge on any atom is -0.467 e. The van der Waals surface area contributed by atoms with Crippen LogP contribution in [0.15, 0.2) is 22.8 Å². The maximum atomic E-state index is 12.0. The Hall–Kier alpha value is -1.33. The van der Waals surface area contributed by atoms with Crippen LogP contribution in [0.5, 0.6) is 0 Å². The Labute approximate surface area is 108 Å². The van der Waals surface area contributed by atoms with E-state index in [4.69, 9.17) is 4.42 Å². The number of carbonyl (C=O) groups is 1. The Balaban J connectivity index is 1.77. The molecule has 0 radical (unpaired) electrons. The van der Waals surface area contributed by atoms with Gasteiger partial charge in [-0.05, 0) is 19.1 Å². The first-order valence-corrected chi connectivity index (χ1v) is 6.63. The summed E-state index contributed by atoms with van der Waals surface area (Å²) in [4.78, 5) is 15.0. The van der Waals surface area contributed by atoms with Gasteiger partial charge < -0.3 is 19.5 Å². The van der Waals surface area contributed by atoms with Crippen LogP contribution in [0.3, 0.4) is 0 Å². The number of hydrogen-bond donors (Lipinski definition) is 3. The molecule has 5 heteroatoms. The molecule has 2 heterocycles. The molecule has 0 aromatic carbocycles. The molecule has 18 heavy (non-hydrogen) atoms. The van der Waals surface area contributed by atoms with Crippen LogP contribution in [0.4, 0.5) is 0 Å². The number of quaternary nitrogens is 2. The molecule has 0 aliphatic carbocycles. The van der Waals surface area contributed by atoms with Gasteiger partial charge in [0.1, 0.15) is 31.9 Å². The van der Waals surface area contributed by atoms with Crippen LogP contribution in [0.25, 0.3) is 0 Å². The molecule has 1 amide bonds. The van der Waals surface area contributed by atoms with Gasteiger partial charge in [-0.15, -0.1) is 0 Å². The first kappa shape index (κ1) is 13.1. The number of piperazine rings is 1. The summed E-state index contributed by atoms with van der Waals surface area (Å²) in [5.74, 6) is 0.911.